The molecule has 0 aliphatic carbocycles. The van der Waals surface area contributed by atoms with E-state index >= 15 is 0 Å². The van der Waals surface area contributed by atoms with Crippen molar-refractivity contribution in [3.8, 4) is 17.1 Å². The third-order valence-electron chi connectivity index (χ3n) is 7.40. The lowest BCUT2D eigenvalue weighted by atomic mass is 9.90. The van der Waals surface area contributed by atoms with Crippen LogP contribution in [0.4, 0.5) is 0 Å². The average molecular weight is 642 g/mol. The first-order valence-electron chi connectivity index (χ1n) is 15.3. The molecule has 0 radical (unpaired) electrons. The zero-order valence-corrected chi connectivity index (χ0v) is 27.3. The van der Waals surface area contributed by atoms with Crippen molar-refractivity contribution in [2.24, 2.45) is 5.92 Å². The molecule has 1 unspecified atom stereocenters. The number of rotatable bonds is 19. The first-order chi connectivity index (χ1) is 21.6. The summed E-state index contributed by atoms with van der Waals surface area (Å²) in [6, 6.07) is 17.0. The summed E-state index contributed by atoms with van der Waals surface area (Å²) >= 11 is 0. The summed E-state index contributed by atoms with van der Waals surface area (Å²) in [4.78, 5) is 37.1. The maximum atomic E-state index is 13.6. The number of amides is 3. The maximum Gasteiger partial charge on any atom is 0.288 e. The number of hydroxylamine groups is 2. The second kappa shape index (κ2) is 17.5. The van der Waals surface area contributed by atoms with Crippen LogP contribution in [0.15, 0.2) is 65.1 Å². The van der Waals surface area contributed by atoms with E-state index in [1.807, 2.05) is 44.2 Å². The van der Waals surface area contributed by atoms with Crippen LogP contribution in [0.5, 0.6) is 5.75 Å². The molecular weight excluding hydrogens is 597 g/mol. The Morgan fingerprint density at radius 2 is 1.80 bits per heavy atom. The van der Waals surface area contributed by atoms with E-state index in [9.17, 15) is 24.2 Å². The van der Waals surface area contributed by atoms with Crippen LogP contribution in [-0.4, -0.2) is 54.5 Å². The maximum absolute atomic E-state index is 13.6. The first-order valence-corrected chi connectivity index (χ1v) is 17.3. The highest BCUT2D eigenvalue weighted by atomic mass is 31.2. The molecule has 0 saturated heterocycles. The molecule has 0 aliphatic rings. The Labute approximate surface area is 264 Å². The van der Waals surface area contributed by atoms with Gasteiger partial charge in [0.25, 0.3) is 5.91 Å². The summed E-state index contributed by atoms with van der Waals surface area (Å²) in [6.07, 6.45) is 3.81. The number of hydrogen-bond donors (Lipinski definition) is 3. The highest BCUT2D eigenvalue weighted by molar-refractivity contribution is 7.66. The van der Waals surface area contributed by atoms with Gasteiger partial charge in [0.05, 0.1) is 31.8 Å². The van der Waals surface area contributed by atoms with E-state index in [-0.39, 0.29) is 24.9 Å². The monoisotopic (exact) mass is 641 g/mol. The van der Waals surface area contributed by atoms with Gasteiger partial charge in [-0.05, 0) is 55.7 Å². The zero-order valence-electron chi connectivity index (χ0n) is 26.4. The fourth-order valence-corrected chi connectivity index (χ4v) is 6.23. The SMILES string of the molecule is CCCCC[C@@H](C(=O)NCNC(=O)c1ccc(-c2cc(OCC)cc(P(C)(=O)OCc3ccccc3)c2)o1)[C@@H](CC)N(O)C=O. The molecule has 0 spiro atoms. The van der Waals surface area contributed by atoms with Crippen LogP contribution in [0.3, 0.4) is 0 Å². The van der Waals surface area contributed by atoms with E-state index in [2.05, 4.69) is 10.6 Å². The molecule has 244 valence electrons. The van der Waals surface area contributed by atoms with Gasteiger partial charge >= 0.3 is 0 Å². The summed E-state index contributed by atoms with van der Waals surface area (Å²) in [6.45, 7) is 7.62. The molecule has 0 saturated carbocycles. The Hall–Kier alpha value is -3.92. The molecular formula is C33H44N3O8P. The standard InChI is InChI=1S/C33H44N3O8P/c1-5-8-10-15-28(29(6-2)36(40)23-37)32(38)34-22-35-33(39)31-17-16-30(44-31)25-18-26(42-7-3)20-27(19-25)45(4,41)43-21-24-13-11-9-12-14-24/h9,11-14,16-20,23,28-29,40H,5-8,10,15,21-22H2,1-4H3,(H,34,38)(H,35,39)/t28-,29-,45?/m1/s1. The molecule has 45 heavy (non-hydrogen) atoms. The molecule has 12 heteroatoms. The average Bonchev–Trinajstić information content (AvgIpc) is 3.54. The molecule has 2 aromatic carbocycles. The normalized spacial score (nSPS) is 13.7. The van der Waals surface area contributed by atoms with Crippen LogP contribution >= 0.6 is 7.37 Å². The van der Waals surface area contributed by atoms with Crippen molar-refractivity contribution in [1.29, 1.82) is 0 Å². The van der Waals surface area contributed by atoms with Crippen LogP contribution in [0.25, 0.3) is 11.3 Å². The van der Waals surface area contributed by atoms with Crippen LogP contribution in [-0.2, 0) is 25.3 Å². The highest BCUT2D eigenvalue weighted by Crippen LogP contribution is 2.44. The number of hydrogen-bond acceptors (Lipinski definition) is 8. The van der Waals surface area contributed by atoms with Gasteiger partial charge in [-0.25, -0.2) is 5.06 Å². The Morgan fingerprint density at radius 1 is 1.04 bits per heavy atom. The molecule has 3 rings (SSSR count). The Balaban J connectivity index is 1.69. The predicted octanol–water partition coefficient (Wildman–Crippen LogP) is 5.72. The number of ether oxygens (including phenoxy) is 1. The smallest absolute Gasteiger partial charge is 0.288 e. The van der Waals surface area contributed by atoms with Gasteiger partial charge in [0, 0.05) is 17.5 Å². The number of nitrogens with one attached hydrogen (secondary N) is 2. The van der Waals surface area contributed by atoms with E-state index in [0.717, 1.165) is 24.8 Å². The molecule has 1 heterocycles. The summed E-state index contributed by atoms with van der Waals surface area (Å²) in [7, 11) is -3.26. The molecule has 3 aromatic rings. The van der Waals surface area contributed by atoms with Crippen molar-refractivity contribution in [2.75, 3.05) is 19.9 Å². The zero-order chi connectivity index (χ0) is 32.8. The van der Waals surface area contributed by atoms with Gasteiger partial charge in [-0.1, -0.05) is 63.4 Å². The lowest BCUT2D eigenvalue weighted by Gasteiger charge is -2.29. The summed E-state index contributed by atoms with van der Waals surface area (Å²) in [5.41, 5.74) is 1.45. The highest BCUT2D eigenvalue weighted by Gasteiger charge is 2.30. The van der Waals surface area contributed by atoms with E-state index in [1.54, 1.807) is 37.9 Å². The van der Waals surface area contributed by atoms with Crippen molar-refractivity contribution >= 4 is 30.9 Å². The Kier molecular flexibility index (Phi) is 13.9. The molecule has 3 amide bonds. The summed E-state index contributed by atoms with van der Waals surface area (Å²) < 4.78 is 31.0. The number of nitrogens with zero attached hydrogens (tertiary/aromatic N) is 1. The van der Waals surface area contributed by atoms with Crippen molar-refractivity contribution in [3.63, 3.8) is 0 Å². The first kappa shape index (κ1) is 35.6. The summed E-state index contributed by atoms with van der Waals surface area (Å²) in [5.74, 6) is -0.721. The molecule has 1 aromatic heterocycles. The third kappa shape index (κ3) is 10.3. The lowest BCUT2D eigenvalue weighted by Crippen LogP contribution is -2.47. The third-order valence-corrected chi connectivity index (χ3v) is 9.22. The van der Waals surface area contributed by atoms with E-state index in [4.69, 9.17) is 13.7 Å². The van der Waals surface area contributed by atoms with Crippen molar-refractivity contribution < 1.29 is 37.8 Å². The van der Waals surface area contributed by atoms with E-state index in [0.29, 0.717) is 53.3 Å². The van der Waals surface area contributed by atoms with Crippen molar-refractivity contribution in [3.05, 3.63) is 72.0 Å². The molecule has 3 atom stereocenters. The van der Waals surface area contributed by atoms with Gasteiger partial charge < -0.3 is 24.3 Å². The van der Waals surface area contributed by atoms with Gasteiger partial charge in [-0.2, -0.15) is 0 Å². The summed E-state index contributed by atoms with van der Waals surface area (Å²) in [5, 5.41) is 16.3. The largest absolute Gasteiger partial charge is 0.494 e. The quantitative estimate of drug-likeness (QED) is 0.0376. The molecule has 0 aliphatic heterocycles. The second-order valence-corrected chi connectivity index (χ2v) is 13.2. The Morgan fingerprint density at radius 3 is 2.47 bits per heavy atom. The van der Waals surface area contributed by atoms with Gasteiger partial charge in [-0.15, -0.1) is 0 Å². The number of carbonyl (C=O) groups is 3. The number of furan rings is 1. The lowest BCUT2D eigenvalue weighted by molar-refractivity contribution is -0.168. The van der Waals surface area contributed by atoms with Crippen LogP contribution < -0.4 is 20.7 Å². The fourth-order valence-electron chi connectivity index (χ4n) is 4.95. The van der Waals surface area contributed by atoms with Crippen molar-refractivity contribution in [2.45, 2.75) is 65.5 Å². The number of unbranched alkanes of at least 4 members (excludes halogenated alkanes) is 2. The van der Waals surface area contributed by atoms with Crippen LogP contribution in [0.1, 0.15) is 69.0 Å². The number of benzene rings is 2. The second-order valence-electron chi connectivity index (χ2n) is 10.7. The molecule has 11 nitrogen and oxygen atoms in total. The number of carbonyl (C=O) groups excluding carboxylic acids is 3. The minimum Gasteiger partial charge on any atom is -0.494 e. The van der Waals surface area contributed by atoms with Gasteiger partial charge in [-0.3, -0.25) is 24.2 Å². The molecule has 0 bridgehead atoms. The van der Waals surface area contributed by atoms with Crippen molar-refractivity contribution in [1.82, 2.24) is 15.7 Å². The predicted molar refractivity (Wildman–Crippen MR) is 172 cm³/mol. The van der Waals surface area contributed by atoms with Crippen LogP contribution in [0, 0.1) is 5.92 Å². The molecule has 3 N–H and O–H groups in total. The van der Waals surface area contributed by atoms with E-state index in [1.165, 1.54) is 6.07 Å². The minimum absolute atomic E-state index is 0.0102. The Bertz CT molecular complexity index is 1440. The fraction of sp³-hybridized carbons (Fsp3) is 0.424. The molecule has 0 fully saturated rings. The van der Waals surface area contributed by atoms with E-state index < -0.39 is 25.2 Å². The minimum atomic E-state index is -3.26. The van der Waals surface area contributed by atoms with Gasteiger partial charge in [0.15, 0.2) is 5.76 Å². The topological polar surface area (TPSA) is 147 Å². The van der Waals surface area contributed by atoms with Gasteiger partial charge in [0.2, 0.25) is 19.7 Å². The van der Waals surface area contributed by atoms with Crippen LogP contribution in [0.2, 0.25) is 0 Å². The van der Waals surface area contributed by atoms with Gasteiger partial charge in [0.1, 0.15) is 11.5 Å².